The number of rotatable bonds is 0. The maximum absolute atomic E-state index is 8.81. The summed E-state index contributed by atoms with van der Waals surface area (Å²) in [6.45, 7) is 18.6. The lowest BCUT2D eigenvalue weighted by Crippen LogP contribution is -1.81. The molecule has 0 radical (unpaired) electrons. The van der Waals surface area contributed by atoms with E-state index in [1.165, 1.54) is 18.1 Å². The molecule has 168 valence electrons. The Morgan fingerprint density at radius 2 is 0.786 bits per heavy atom. The van der Waals surface area contributed by atoms with Gasteiger partial charge >= 0.3 is 12.3 Å². The largest absolute Gasteiger partial charge is 0.503 e. The van der Waals surface area contributed by atoms with Crippen LogP contribution in [0.25, 0.3) is 0 Å². The highest BCUT2D eigenvalue weighted by atomic mass is 16.6. The average Bonchev–Trinajstić information content (AvgIpc) is 2.40. The maximum atomic E-state index is 8.81. The molecule has 0 amide bonds. The quantitative estimate of drug-likeness (QED) is 0.306. The zero-order chi connectivity index (χ0) is 23.0. The van der Waals surface area contributed by atoms with Crippen LogP contribution in [0.15, 0.2) is 24.3 Å². The molecule has 0 aromatic heterocycles. The van der Waals surface area contributed by atoms with Crippen LogP contribution in [0, 0.1) is 25.7 Å². The number of benzene rings is 1. The second kappa shape index (κ2) is 32.1. The van der Waals surface area contributed by atoms with Gasteiger partial charge in [-0.2, -0.15) is 0 Å². The molecule has 7 N–H and O–H groups in total. The molecule has 1 rings (SSSR count). The summed E-state index contributed by atoms with van der Waals surface area (Å²) < 4.78 is 0. The third-order valence-corrected chi connectivity index (χ3v) is 1.22. The Balaban J connectivity index is -0.0000000539. The van der Waals surface area contributed by atoms with E-state index in [9.17, 15) is 0 Å². The van der Waals surface area contributed by atoms with Crippen LogP contribution in [0.2, 0.25) is 0 Å². The molecule has 0 bridgehead atoms. The molecule has 0 unspecified atom stereocenters. The summed E-state index contributed by atoms with van der Waals surface area (Å²) in [7, 11) is 0. The first-order valence-corrected chi connectivity index (χ1v) is 8.40. The summed E-state index contributed by atoms with van der Waals surface area (Å²) in [6, 6.07) is 8.48. The topological polar surface area (TPSA) is 167 Å². The van der Waals surface area contributed by atoms with E-state index in [2.05, 4.69) is 79.7 Å². The normalized spacial score (nSPS) is 7.39. The molecule has 1 aromatic carbocycles. The highest BCUT2D eigenvalue weighted by Gasteiger charge is 1.79. The lowest BCUT2D eigenvalue weighted by Gasteiger charge is -1.90. The summed E-state index contributed by atoms with van der Waals surface area (Å²) in [4.78, 5) is 25.9. The minimum absolute atomic E-state index is 0. The summed E-state index contributed by atoms with van der Waals surface area (Å²) in [5, 5.41) is 27.9. The van der Waals surface area contributed by atoms with E-state index in [1.807, 2.05) is 0 Å². The predicted molar refractivity (Wildman–Crippen MR) is 115 cm³/mol. The molecule has 0 fully saturated rings. The van der Waals surface area contributed by atoms with Crippen LogP contribution >= 0.6 is 0 Å². The Bertz CT molecular complexity index is 392. The van der Waals surface area contributed by atoms with Crippen LogP contribution in [0.5, 0.6) is 0 Å². The SMILES string of the molecule is CC(C)C.CC(C)C.CC=O.Cc1ccc(C)cc1.N.O=C(O)O.O=C(O)O. The Morgan fingerprint density at radius 1 is 0.714 bits per heavy atom. The van der Waals surface area contributed by atoms with Crippen LogP contribution < -0.4 is 6.15 Å². The van der Waals surface area contributed by atoms with E-state index >= 15 is 0 Å². The summed E-state index contributed by atoms with van der Waals surface area (Å²) in [5.41, 5.74) is 2.66. The highest BCUT2D eigenvalue weighted by Crippen LogP contribution is 1.99. The van der Waals surface area contributed by atoms with Crippen molar-refractivity contribution < 1.29 is 34.8 Å². The molecule has 0 aliphatic carbocycles. The van der Waals surface area contributed by atoms with Gasteiger partial charge < -0.3 is 31.4 Å². The Labute approximate surface area is 169 Å². The fraction of sp³-hybridized carbons (Fsp3) is 0.550. The predicted octanol–water partition coefficient (Wildman–Crippen LogP) is 6.44. The third kappa shape index (κ3) is 215. The van der Waals surface area contributed by atoms with Crippen molar-refractivity contribution in [2.45, 2.75) is 62.3 Å². The zero-order valence-electron chi connectivity index (χ0n) is 18.8. The van der Waals surface area contributed by atoms with E-state index < -0.39 is 12.3 Å². The number of aryl methyl sites for hydroxylation is 2. The molecule has 0 atom stereocenters. The lowest BCUT2D eigenvalue weighted by molar-refractivity contribution is -0.106. The minimum atomic E-state index is -1.83. The van der Waals surface area contributed by atoms with Gasteiger partial charge in [0, 0.05) is 0 Å². The molecule has 0 aliphatic rings. The Morgan fingerprint density at radius 3 is 0.857 bits per heavy atom. The fourth-order valence-corrected chi connectivity index (χ4v) is 0.637. The van der Waals surface area contributed by atoms with Crippen molar-refractivity contribution in [1.29, 1.82) is 0 Å². The fourth-order valence-electron chi connectivity index (χ4n) is 0.637. The van der Waals surface area contributed by atoms with Gasteiger partial charge in [0.2, 0.25) is 0 Å². The van der Waals surface area contributed by atoms with Crippen LogP contribution in [-0.2, 0) is 4.79 Å². The maximum Gasteiger partial charge on any atom is 0.503 e. The van der Waals surface area contributed by atoms with Crippen LogP contribution in [0.4, 0.5) is 9.59 Å². The van der Waals surface area contributed by atoms with Crippen molar-refractivity contribution in [2.24, 2.45) is 11.8 Å². The molecule has 0 saturated heterocycles. The molecule has 0 saturated carbocycles. The monoisotopic (exact) mass is 407 g/mol. The van der Waals surface area contributed by atoms with Gasteiger partial charge in [-0.3, -0.25) is 0 Å². The molecule has 1 aromatic rings. The van der Waals surface area contributed by atoms with Gasteiger partial charge in [0.1, 0.15) is 6.29 Å². The van der Waals surface area contributed by atoms with E-state index in [1.54, 1.807) is 0 Å². The molecule has 0 heterocycles. The first-order chi connectivity index (χ1) is 12.1. The second-order valence-corrected chi connectivity index (χ2v) is 6.42. The second-order valence-electron chi connectivity index (χ2n) is 6.42. The number of carbonyl (C=O) groups excluding carboxylic acids is 1. The van der Waals surface area contributed by atoms with E-state index in [0.29, 0.717) is 0 Å². The van der Waals surface area contributed by atoms with Gasteiger partial charge in [-0.05, 0) is 32.6 Å². The van der Waals surface area contributed by atoms with E-state index in [4.69, 9.17) is 34.8 Å². The molecular formula is C20H41NO7. The molecule has 8 nitrogen and oxygen atoms in total. The summed E-state index contributed by atoms with van der Waals surface area (Å²) >= 11 is 0. The Kier molecular flexibility index (Phi) is 46.0. The van der Waals surface area contributed by atoms with Crippen molar-refractivity contribution in [2.75, 3.05) is 0 Å². The first kappa shape index (κ1) is 40.2. The minimum Gasteiger partial charge on any atom is -0.450 e. The number of aldehydes is 1. The van der Waals surface area contributed by atoms with Crippen LogP contribution in [0.1, 0.15) is 59.6 Å². The standard InChI is InChI=1S/C8H10.2C4H10.C2H4O.2CH2O3.H3N/c1-7-3-5-8(2)6-4-7;2*1-4(2)3;1-2-3;2*2-1(3)4;/h3-6H,1-2H3;2*4H,1-3H3;2H,1H3;2*(H2,2,3,4);1H3. The zero-order valence-corrected chi connectivity index (χ0v) is 18.8. The number of hydrogen-bond donors (Lipinski definition) is 5. The van der Waals surface area contributed by atoms with Gasteiger partial charge in [0.15, 0.2) is 0 Å². The molecule has 8 heteroatoms. The molecule has 28 heavy (non-hydrogen) atoms. The van der Waals surface area contributed by atoms with Crippen molar-refractivity contribution in [3.05, 3.63) is 35.4 Å². The van der Waals surface area contributed by atoms with Crippen molar-refractivity contribution >= 4 is 18.6 Å². The highest BCUT2D eigenvalue weighted by molar-refractivity contribution is 5.53. The summed E-state index contributed by atoms with van der Waals surface area (Å²) in [5.74, 6) is 1.67. The van der Waals surface area contributed by atoms with Crippen LogP contribution in [-0.4, -0.2) is 39.0 Å². The molecular weight excluding hydrogens is 366 g/mol. The van der Waals surface area contributed by atoms with Gasteiger partial charge in [-0.25, -0.2) is 9.59 Å². The van der Waals surface area contributed by atoms with Crippen molar-refractivity contribution in [3.63, 3.8) is 0 Å². The van der Waals surface area contributed by atoms with Crippen molar-refractivity contribution in [3.8, 4) is 0 Å². The Hall–Kier alpha value is -2.61. The lowest BCUT2D eigenvalue weighted by atomic mass is 10.2. The smallest absolute Gasteiger partial charge is 0.450 e. The van der Waals surface area contributed by atoms with Gasteiger partial charge in [0.05, 0.1) is 0 Å². The first-order valence-electron chi connectivity index (χ1n) is 8.40. The van der Waals surface area contributed by atoms with Gasteiger partial charge in [-0.1, -0.05) is 76.9 Å². The van der Waals surface area contributed by atoms with Crippen LogP contribution in [0.3, 0.4) is 0 Å². The van der Waals surface area contributed by atoms with Gasteiger partial charge in [0.25, 0.3) is 0 Å². The number of hydrogen-bond acceptors (Lipinski definition) is 4. The third-order valence-electron chi connectivity index (χ3n) is 1.22. The summed E-state index contributed by atoms with van der Waals surface area (Å²) in [6.07, 6.45) is -2.92. The van der Waals surface area contributed by atoms with E-state index in [0.717, 1.165) is 18.1 Å². The number of carboxylic acid groups (broad SMARTS) is 4. The molecule has 0 aliphatic heterocycles. The van der Waals surface area contributed by atoms with Crippen molar-refractivity contribution in [1.82, 2.24) is 6.15 Å². The van der Waals surface area contributed by atoms with E-state index in [-0.39, 0.29) is 6.15 Å². The van der Waals surface area contributed by atoms with Gasteiger partial charge in [-0.15, -0.1) is 0 Å². The molecule has 0 spiro atoms. The number of carbonyl (C=O) groups is 3. The average molecular weight is 408 g/mol.